The van der Waals surface area contributed by atoms with Gasteiger partial charge in [-0.05, 0) is 19.3 Å². The average Bonchev–Trinajstić information content (AvgIpc) is 2.10. The fourth-order valence-electron chi connectivity index (χ4n) is 1.18. The van der Waals surface area contributed by atoms with Gasteiger partial charge in [-0.15, -0.1) is 13.2 Å². The highest BCUT2D eigenvalue weighted by Gasteiger charge is 2.36. The molecular weight excluding hydrogens is 225 g/mol. The number of hydrogen-bond donors (Lipinski definition) is 0. The van der Waals surface area contributed by atoms with Gasteiger partial charge in [0.1, 0.15) is 0 Å². The molecule has 5 heteroatoms. The lowest BCUT2D eigenvalue weighted by atomic mass is 10.3. The molecule has 66 valence electrons. The third-order valence-corrected chi connectivity index (χ3v) is 2.45. The van der Waals surface area contributed by atoms with E-state index in [1.807, 2.05) is 0 Å². The maximum atomic E-state index is 11.6. The highest BCUT2D eigenvalue weighted by molar-refractivity contribution is 9.09. The zero-order valence-electron chi connectivity index (χ0n) is 5.70. The van der Waals surface area contributed by atoms with Crippen LogP contribution in [0.4, 0.5) is 13.2 Å². The summed E-state index contributed by atoms with van der Waals surface area (Å²) in [7, 11) is 0. The summed E-state index contributed by atoms with van der Waals surface area (Å²) < 4.78 is 38.6. The van der Waals surface area contributed by atoms with Crippen LogP contribution in [0.25, 0.3) is 0 Å². The van der Waals surface area contributed by atoms with Crippen molar-refractivity contribution >= 4 is 15.9 Å². The highest BCUT2D eigenvalue weighted by Crippen LogP contribution is 2.31. The quantitative estimate of drug-likeness (QED) is 0.632. The fraction of sp³-hybridized carbons (Fsp3) is 1.00. The molecule has 1 rings (SSSR count). The van der Waals surface area contributed by atoms with Crippen molar-refractivity contribution in [2.24, 2.45) is 0 Å². The van der Waals surface area contributed by atoms with E-state index in [-0.39, 0.29) is 4.83 Å². The monoisotopic (exact) mass is 232 g/mol. The topological polar surface area (TPSA) is 9.23 Å². The second-order valence-electron chi connectivity index (χ2n) is 2.60. The molecular formula is C6H8BrF3O. The Labute approximate surface area is 71.0 Å². The first-order valence-electron chi connectivity index (χ1n) is 3.36. The molecule has 1 aliphatic rings. The van der Waals surface area contributed by atoms with Crippen LogP contribution in [0.15, 0.2) is 0 Å². The largest absolute Gasteiger partial charge is 0.522 e. The molecule has 0 heterocycles. The van der Waals surface area contributed by atoms with Gasteiger partial charge in [0.05, 0.1) is 6.10 Å². The molecule has 2 atom stereocenters. The van der Waals surface area contributed by atoms with Crippen LogP contribution >= 0.6 is 15.9 Å². The number of hydrogen-bond acceptors (Lipinski definition) is 1. The molecule has 0 aromatic rings. The summed E-state index contributed by atoms with van der Waals surface area (Å²) in [4.78, 5) is 0.190. The molecule has 1 fully saturated rings. The van der Waals surface area contributed by atoms with Crippen LogP contribution < -0.4 is 0 Å². The summed E-state index contributed by atoms with van der Waals surface area (Å²) in [6.45, 7) is 0. The summed E-state index contributed by atoms with van der Waals surface area (Å²) in [5.74, 6) is 0. The van der Waals surface area contributed by atoms with Gasteiger partial charge in [0.25, 0.3) is 0 Å². The fourth-order valence-corrected chi connectivity index (χ4v) is 1.86. The molecule has 0 aliphatic heterocycles. The van der Waals surface area contributed by atoms with Crippen molar-refractivity contribution in [3.05, 3.63) is 0 Å². The molecule has 0 N–H and O–H groups in total. The minimum absolute atomic E-state index is 0.190. The van der Waals surface area contributed by atoms with E-state index in [1.54, 1.807) is 0 Å². The number of ether oxygens (including phenoxy) is 1. The van der Waals surface area contributed by atoms with Gasteiger partial charge in [-0.1, -0.05) is 15.9 Å². The van der Waals surface area contributed by atoms with Crippen LogP contribution in [0.5, 0.6) is 0 Å². The van der Waals surface area contributed by atoms with Gasteiger partial charge in [-0.25, -0.2) is 0 Å². The zero-order chi connectivity index (χ0) is 8.48. The Kier molecular flexibility index (Phi) is 2.80. The van der Waals surface area contributed by atoms with E-state index in [0.29, 0.717) is 12.8 Å². The molecule has 1 aliphatic carbocycles. The lowest BCUT2D eigenvalue weighted by Crippen LogP contribution is -2.21. The van der Waals surface area contributed by atoms with E-state index in [0.717, 1.165) is 6.42 Å². The minimum Gasteiger partial charge on any atom is -0.289 e. The molecule has 0 saturated heterocycles. The van der Waals surface area contributed by atoms with Crippen molar-refractivity contribution in [1.82, 2.24) is 0 Å². The Hall–Kier alpha value is 0.230. The second-order valence-corrected chi connectivity index (χ2v) is 3.89. The summed E-state index contributed by atoms with van der Waals surface area (Å²) in [5.41, 5.74) is 0. The first kappa shape index (κ1) is 9.32. The molecule has 1 saturated carbocycles. The Balaban J connectivity index is 2.29. The van der Waals surface area contributed by atoms with Crippen LogP contribution in [0.1, 0.15) is 19.3 Å². The van der Waals surface area contributed by atoms with Gasteiger partial charge in [0, 0.05) is 4.83 Å². The molecule has 0 aromatic carbocycles. The van der Waals surface area contributed by atoms with E-state index in [2.05, 4.69) is 20.7 Å². The van der Waals surface area contributed by atoms with Gasteiger partial charge in [-0.2, -0.15) is 0 Å². The van der Waals surface area contributed by atoms with Crippen molar-refractivity contribution in [2.45, 2.75) is 36.6 Å². The minimum atomic E-state index is -4.47. The third-order valence-electron chi connectivity index (χ3n) is 1.62. The van der Waals surface area contributed by atoms with Crippen molar-refractivity contribution in [3.8, 4) is 0 Å². The van der Waals surface area contributed by atoms with Crippen LogP contribution in [0.2, 0.25) is 0 Å². The number of halogens is 4. The SMILES string of the molecule is FC(F)(F)OC1CC[C@H](Br)C1. The van der Waals surface area contributed by atoms with Crippen LogP contribution in [0, 0.1) is 0 Å². The van der Waals surface area contributed by atoms with Gasteiger partial charge in [0.15, 0.2) is 0 Å². The maximum absolute atomic E-state index is 11.6. The lowest BCUT2D eigenvalue weighted by molar-refractivity contribution is -0.341. The Morgan fingerprint density at radius 3 is 2.27 bits per heavy atom. The van der Waals surface area contributed by atoms with E-state index < -0.39 is 12.5 Å². The molecule has 0 aromatic heterocycles. The molecule has 0 spiro atoms. The molecule has 0 bridgehead atoms. The first-order chi connectivity index (χ1) is 4.97. The predicted molar refractivity (Wildman–Crippen MR) is 37.5 cm³/mol. The van der Waals surface area contributed by atoms with E-state index in [9.17, 15) is 13.2 Å². The van der Waals surface area contributed by atoms with Crippen LogP contribution in [0.3, 0.4) is 0 Å². The maximum Gasteiger partial charge on any atom is 0.522 e. The lowest BCUT2D eigenvalue weighted by Gasteiger charge is -2.12. The second kappa shape index (κ2) is 3.31. The van der Waals surface area contributed by atoms with E-state index in [4.69, 9.17) is 0 Å². The zero-order valence-corrected chi connectivity index (χ0v) is 7.28. The summed E-state index contributed by atoms with van der Waals surface area (Å²) >= 11 is 3.24. The standard InChI is InChI=1S/C6H8BrF3O/c7-4-1-2-5(3-4)11-6(8,9)10/h4-5H,1-3H2/t4-,5?/m0/s1. The third kappa shape index (κ3) is 3.42. The predicted octanol–water partition coefficient (Wildman–Crippen LogP) is 2.84. The van der Waals surface area contributed by atoms with Crippen molar-refractivity contribution in [1.29, 1.82) is 0 Å². The molecule has 11 heavy (non-hydrogen) atoms. The van der Waals surface area contributed by atoms with Gasteiger partial charge < -0.3 is 0 Å². The summed E-state index contributed by atoms with van der Waals surface area (Å²) in [6.07, 6.45) is -3.39. The molecule has 0 radical (unpaired) electrons. The summed E-state index contributed by atoms with van der Waals surface area (Å²) in [5, 5.41) is 0. The summed E-state index contributed by atoms with van der Waals surface area (Å²) in [6, 6.07) is 0. The highest BCUT2D eigenvalue weighted by atomic mass is 79.9. The number of alkyl halides is 4. The van der Waals surface area contributed by atoms with Crippen molar-refractivity contribution in [3.63, 3.8) is 0 Å². The first-order valence-corrected chi connectivity index (χ1v) is 4.27. The Morgan fingerprint density at radius 1 is 1.27 bits per heavy atom. The van der Waals surface area contributed by atoms with Gasteiger partial charge in [-0.3, -0.25) is 4.74 Å². The average molecular weight is 233 g/mol. The molecule has 1 unspecified atom stereocenters. The molecule has 1 nitrogen and oxygen atoms in total. The van der Waals surface area contributed by atoms with E-state index >= 15 is 0 Å². The van der Waals surface area contributed by atoms with Gasteiger partial charge >= 0.3 is 6.36 Å². The normalized spacial score (nSPS) is 32.7. The Bertz CT molecular complexity index is 136. The van der Waals surface area contributed by atoms with Crippen LogP contribution in [-0.4, -0.2) is 17.3 Å². The number of rotatable bonds is 1. The van der Waals surface area contributed by atoms with Gasteiger partial charge in [0.2, 0.25) is 0 Å². The van der Waals surface area contributed by atoms with Crippen molar-refractivity contribution < 1.29 is 17.9 Å². The van der Waals surface area contributed by atoms with Crippen molar-refractivity contribution in [2.75, 3.05) is 0 Å². The van der Waals surface area contributed by atoms with E-state index in [1.165, 1.54) is 0 Å². The smallest absolute Gasteiger partial charge is 0.289 e. The Morgan fingerprint density at radius 2 is 1.91 bits per heavy atom. The molecule has 0 amide bonds. The van der Waals surface area contributed by atoms with Crippen LogP contribution in [-0.2, 0) is 4.74 Å².